The van der Waals surface area contributed by atoms with Gasteiger partial charge in [-0.1, -0.05) is 0 Å². The minimum Gasteiger partial charge on any atom is -0.381 e. The normalized spacial score (nSPS) is 35.9. The number of rotatable bonds is 3. The summed E-state index contributed by atoms with van der Waals surface area (Å²) in [6.07, 6.45) is 4.78. The van der Waals surface area contributed by atoms with Gasteiger partial charge in [-0.05, 0) is 38.6 Å². The summed E-state index contributed by atoms with van der Waals surface area (Å²) in [4.78, 5) is 0. The highest BCUT2D eigenvalue weighted by molar-refractivity contribution is 7.99. The highest BCUT2D eigenvalue weighted by Crippen LogP contribution is 2.39. The zero-order chi connectivity index (χ0) is 13.8. The van der Waals surface area contributed by atoms with Crippen molar-refractivity contribution in [3.05, 3.63) is 0 Å². The molecule has 1 N–H and O–H groups in total. The molecule has 5 heteroatoms. The quantitative estimate of drug-likeness (QED) is 0.859. The van der Waals surface area contributed by atoms with Crippen LogP contribution in [0, 0.1) is 5.92 Å². The van der Waals surface area contributed by atoms with Gasteiger partial charge < -0.3 is 19.5 Å². The van der Waals surface area contributed by atoms with Crippen molar-refractivity contribution >= 4 is 11.8 Å². The molecular weight excluding hydrogens is 274 g/mol. The van der Waals surface area contributed by atoms with Crippen molar-refractivity contribution in [2.75, 3.05) is 45.0 Å². The molecule has 0 aromatic carbocycles. The number of hydrogen-bond donors (Lipinski definition) is 1. The van der Waals surface area contributed by atoms with Crippen LogP contribution in [0.1, 0.15) is 25.7 Å². The molecule has 3 rings (SSSR count). The van der Waals surface area contributed by atoms with E-state index in [0.29, 0.717) is 18.1 Å². The largest absolute Gasteiger partial charge is 0.381 e. The fourth-order valence-electron chi connectivity index (χ4n) is 3.90. The Morgan fingerprint density at radius 2 is 2.05 bits per heavy atom. The molecule has 3 saturated heterocycles. The van der Waals surface area contributed by atoms with E-state index in [0.717, 1.165) is 63.6 Å². The van der Waals surface area contributed by atoms with Gasteiger partial charge in [-0.2, -0.15) is 11.8 Å². The molecule has 0 bridgehead atoms. The zero-order valence-corrected chi connectivity index (χ0v) is 13.3. The van der Waals surface area contributed by atoms with Crippen LogP contribution in [0.3, 0.4) is 0 Å². The van der Waals surface area contributed by atoms with Gasteiger partial charge in [0.05, 0.1) is 18.3 Å². The van der Waals surface area contributed by atoms with Gasteiger partial charge in [-0.3, -0.25) is 0 Å². The fourth-order valence-corrected chi connectivity index (χ4v) is 4.82. The number of hydrogen-bond acceptors (Lipinski definition) is 5. The van der Waals surface area contributed by atoms with Crippen LogP contribution in [0.15, 0.2) is 0 Å². The first kappa shape index (κ1) is 15.1. The van der Waals surface area contributed by atoms with Gasteiger partial charge in [0.2, 0.25) is 0 Å². The van der Waals surface area contributed by atoms with Crippen LogP contribution in [0.5, 0.6) is 0 Å². The highest BCUT2D eigenvalue weighted by atomic mass is 32.2. The third kappa shape index (κ3) is 3.33. The lowest BCUT2D eigenvalue weighted by atomic mass is 9.76. The van der Waals surface area contributed by atoms with E-state index in [1.807, 2.05) is 11.8 Å². The van der Waals surface area contributed by atoms with Crippen molar-refractivity contribution in [1.82, 2.24) is 5.32 Å². The molecule has 0 aliphatic carbocycles. The molecule has 0 saturated carbocycles. The fraction of sp³-hybridized carbons (Fsp3) is 1.00. The first-order valence-electron chi connectivity index (χ1n) is 7.91. The summed E-state index contributed by atoms with van der Waals surface area (Å²) in [5.41, 5.74) is 0.0814. The van der Waals surface area contributed by atoms with E-state index in [9.17, 15) is 0 Å². The van der Waals surface area contributed by atoms with Crippen molar-refractivity contribution in [2.24, 2.45) is 5.92 Å². The van der Waals surface area contributed by atoms with E-state index >= 15 is 0 Å². The zero-order valence-electron chi connectivity index (χ0n) is 12.4. The van der Waals surface area contributed by atoms with Gasteiger partial charge in [-0.25, -0.2) is 0 Å². The van der Waals surface area contributed by atoms with Crippen LogP contribution in [-0.2, 0) is 14.2 Å². The summed E-state index contributed by atoms with van der Waals surface area (Å²) in [5.74, 6) is 2.93. The molecule has 1 spiro atoms. The number of thioether (sulfide) groups is 1. The molecule has 0 aromatic rings. The second kappa shape index (κ2) is 6.97. The lowest BCUT2D eigenvalue weighted by molar-refractivity contribution is -0.154. The molecule has 0 amide bonds. The summed E-state index contributed by atoms with van der Waals surface area (Å²) in [6, 6.07) is 0.464. The van der Waals surface area contributed by atoms with Crippen LogP contribution in [0.2, 0.25) is 0 Å². The van der Waals surface area contributed by atoms with Gasteiger partial charge in [0.15, 0.2) is 0 Å². The smallest absolute Gasteiger partial charge is 0.0821 e. The molecule has 3 atom stereocenters. The molecule has 3 unspecified atom stereocenters. The Balaban J connectivity index is 1.64. The first-order chi connectivity index (χ1) is 9.83. The molecule has 3 aliphatic rings. The minimum absolute atomic E-state index is 0.0814. The van der Waals surface area contributed by atoms with E-state index in [1.165, 1.54) is 0 Å². The van der Waals surface area contributed by atoms with Gasteiger partial charge in [-0.15, -0.1) is 0 Å². The number of nitrogens with one attached hydrogen (secondary N) is 1. The SMILES string of the molecule is CNC(C1CCOC2(CCOCC2)C1)C1CSCCO1. The summed E-state index contributed by atoms with van der Waals surface area (Å²) in [6.45, 7) is 3.50. The molecule has 3 heterocycles. The Labute approximate surface area is 126 Å². The maximum Gasteiger partial charge on any atom is 0.0821 e. The van der Waals surface area contributed by atoms with Crippen LogP contribution in [0.25, 0.3) is 0 Å². The minimum atomic E-state index is 0.0814. The Morgan fingerprint density at radius 1 is 1.20 bits per heavy atom. The monoisotopic (exact) mass is 301 g/mol. The maximum atomic E-state index is 6.16. The summed E-state index contributed by atoms with van der Waals surface area (Å²) in [7, 11) is 2.08. The molecular formula is C15H27NO3S. The lowest BCUT2D eigenvalue weighted by Crippen LogP contribution is -2.54. The van der Waals surface area contributed by atoms with Crippen molar-refractivity contribution in [1.29, 1.82) is 0 Å². The highest BCUT2D eigenvalue weighted by Gasteiger charge is 2.43. The molecule has 20 heavy (non-hydrogen) atoms. The van der Waals surface area contributed by atoms with Gasteiger partial charge in [0.1, 0.15) is 0 Å². The Hall–Kier alpha value is 0.190. The van der Waals surface area contributed by atoms with Gasteiger partial charge in [0.25, 0.3) is 0 Å². The average Bonchev–Trinajstić information content (AvgIpc) is 2.50. The predicted octanol–water partition coefficient (Wildman–Crippen LogP) is 1.68. The lowest BCUT2D eigenvalue weighted by Gasteiger charge is -2.46. The standard InChI is InChI=1S/C15H27NO3S/c1-16-14(13-11-20-9-8-18-13)12-2-5-19-15(10-12)3-6-17-7-4-15/h12-14,16H,2-11H2,1H3. The van der Waals surface area contributed by atoms with Gasteiger partial charge in [0, 0.05) is 37.4 Å². The summed E-state index contributed by atoms with van der Waals surface area (Å²) < 4.78 is 17.7. The third-order valence-electron chi connectivity index (χ3n) is 5.02. The van der Waals surface area contributed by atoms with Gasteiger partial charge >= 0.3 is 0 Å². The van der Waals surface area contributed by atoms with Crippen LogP contribution in [-0.4, -0.2) is 62.7 Å². The molecule has 3 fully saturated rings. The van der Waals surface area contributed by atoms with E-state index < -0.39 is 0 Å². The Kier molecular flexibility index (Phi) is 5.26. The summed E-state index contributed by atoms with van der Waals surface area (Å²) >= 11 is 2.02. The topological polar surface area (TPSA) is 39.7 Å². The Morgan fingerprint density at radius 3 is 2.75 bits per heavy atom. The first-order valence-corrected chi connectivity index (χ1v) is 9.07. The van der Waals surface area contributed by atoms with Crippen molar-refractivity contribution < 1.29 is 14.2 Å². The van der Waals surface area contributed by atoms with E-state index in [-0.39, 0.29) is 5.60 Å². The van der Waals surface area contributed by atoms with Crippen LogP contribution >= 0.6 is 11.8 Å². The predicted molar refractivity (Wildman–Crippen MR) is 81.4 cm³/mol. The van der Waals surface area contributed by atoms with Crippen molar-refractivity contribution in [3.63, 3.8) is 0 Å². The number of ether oxygens (including phenoxy) is 3. The Bertz CT molecular complexity index is 298. The molecule has 116 valence electrons. The molecule has 0 aromatic heterocycles. The van der Waals surface area contributed by atoms with Crippen molar-refractivity contribution in [2.45, 2.75) is 43.4 Å². The van der Waals surface area contributed by atoms with E-state index in [1.54, 1.807) is 0 Å². The third-order valence-corrected chi connectivity index (χ3v) is 6.04. The maximum absolute atomic E-state index is 6.16. The molecule has 3 aliphatic heterocycles. The van der Waals surface area contributed by atoms with Crippen LogP contribution < -0.4 is 5.32 Å². The average molecular weight is 301 g/mol. The number of likely N-dealkylation sites (N-methyl/N-ethyl adjacent to an activating group) is 1. The second-order valence-corrected chi connectivity index (χ2v) is 7.35. The molecule has 0 radical (unpaired) electrons. The summed E-state index contributed by atoms with van der Waals surface area (Å²) in [5, 5.41) is 3.54. The van der Waals surface area contributed by atoms with E-state index in [2.05, 4.69) is 12.4 Å². The van der Waals surface area contributed by atoms with Crippen molar-refractivity contribution in [3.8, 4) is 0 Å². The van der Waals surface area contributed by atoms with E-state index in [4.69, 9.17) is 14.2 Å². The second-order valence-electron chi connectivity index (χ2n) is 6.20. The van der Waals surface area contributed by atoms with Crippen LogP contribution in [0.4, 0.5) is 0 Å². The molecule has 4 nitrogen and oxygen atoms in total.